The van der Waals surface area contributed by atoms with Crippen LogP contribution in [-0.2, 0) is 17.9 Å². The highest BCUT2D eigenvalue weighted by atomic mass is 16.4. The van der Waals surface area contributed by atoms with Crippen LogP contribution in [0.5, 0.6) is 0 Å². The van der Waals surface area contributed by atoms with Gasteiger partial charge in [0.25, 0.3) is 0 Å². The van der Waals surface area contributed by atoms with Crippen molar-refractivity contribution in [3.05, 3.63) is 12.2 Å². The standard InChI is InChI=1S/C14H23N5O2/c1-10(2)16-14(13(20)21,11-3-4-11)8-18-5-6-19-9-15-17-12(19)7-18/h9-11,16H,3-8H2,1-2H3,(H,20,21). The molecule has 0 aromatic carbocycles. The zero-order chi connectivity index (χ0) is 15.0. The molecule has 1 fully saturated rings. The van der Waals surface area contributed by atoms with E-state index in [4.69, 9.17) is 0 Å². The summed E-state index contributed by atoms with van der Waals surface area (Å²) in [4.78, 5) is 14.2. The number of nitrogens with one attached hydrogen (secondary N) is 1. The van der Waals surface area contributed by atoms with Crippen molar-refractivity contribution in [2.75, 3.05) is 13.1 Å². The molecule has 116 valence electrons. The Bertz CT molecular complexity index is 525. The van der Waals surface area contributed by atoms with Crippen LogP contribution in [0.25, 0.3) is 0 Å². The summed E-state index contributed by atoms with van der Waals surface area (Å²) < 4.78 is 2.03. The summed E-state index contributed by atoms with van der Waals surface area (Å²) in [5.41, 5.74) is -0.837. The van der Waals surface area contributed by atoms with Crippen LogP contribution in [0.15, 0.2) is 6.33 Å². The minimum absolute atomic E-state index is 0.148. The van der Waals surface area contributed by atoms with Crippen molar-refractivity contribution in [1.82, 2.24) is 25.0 Å². The number of carboxylic acid groups (broad SMARTS) is 1. The Hall–Kier alpha value is -1.47. The van der Waals surface area contributed by atoms with Gasteiger partial charge in [-0.1, -0.05) is 0 Å². The lowest BCUT2D eigenvalue weighted by molar-refractivity contribution is -0.147. The summed E-state index contributed by atoms with van der Waals surface area (Å²) in [5, 5.41) is 21.2. The van der Waals surface area contributed by atoms with Gasteiger partial charge in [-0.25, -0.2) is 0 Å². The van der Waals surface area contributed by atoms with E-state index in [0.717, 1.165) is 31.8 Å². The van der Waals surface area contributed by atoms with E-state index in [1.807, 2.05) is 18.4 Å². The largest absolute Gasteiger partial charge is 0.480 e. The smallest absolute Gasteiger partial charge is 0.325 e. The van der Waals surface area contributed by atoms with Crippen molar-refractivity contribution in [2.24, 2.45) is 5.92 Å². The Morgan fingerprint density at radius 2 is 2.29 bits per heavy atom. The molecule has 0 radical (unpaired) electrons. The van der Waals surface area contributed by atoms with Crippen LogP contribution in [0.2, 0.25) is 0 Å². The molecule has 1 atom stereocenters. The summed E-state index contributed by atoms with van der Waals surface area (Å²) in [6.07, 6.45) is 3.73. The number of aromatic nitrogens is 3. The molecule has 3 rings (SSSR count). The van der Waals surface area contributed by atoms with Crippen LogP contribution in [-0.4, -0.2) is 55.4 Å². The van der Waals surface area contributed by atoms with Crippen LogP contribution in [0.3, 0.4) is 0 Å². The SMILES string of the molecule is CC(C)NC(CN1CCn2cnnc2C1)(C(=O)O)C1CC1. The lowest BCUT2D eigenvalue weighted by Crippen LogP contribution is -2.63. The van der Waals surface area contributed by atoms with Crippen molar-refractivity contribution in [2.45, 2.75) is 51.4 Å². The number of aliphatic carboxylic acids is 1. The Morgan fingerprint density at radius 3 is 2.90 bits per heavy atom. The molecule has 2 N–H and O–H groups in total. The number of fused-ring (bicyclic) bond motifs is 1. The lowest BCUT2D eigenvalue weighted by atomic mass is 9.91. The van der Waals surface area contributed by atoms with Crippen LogP contribution in [0, 0.1) is 5.92 Å². The highest BCUT2D eigenvalue weighted by Gasteiger charge is 2.52. The van der Waals surface area contributed by atoms with Gasteiger partial charge in [-0.05, 0) is 32.6 Å². The quantitative estimate of drug-likeness (QED) is 0.786. The third-order valence-corrected chi connectivity index (χ3v) is 4.39. The molecule has 1 aromatic heterocycles. The van der Waals surface area contributed by atoms with Gasteiger partial charge in [0, 0.05) is 25.7 Å². The minimum atomic E-state index is -0.837. The second-order valence-electron chi connectivity index (χ2n) is 6.50. The van der Waals surface area contributed by atoms with Crippen LogP contribution < -0.4 is 5.32 Å². The first-order valence-corrected chi connectivity index (χ1v) is 7.61. The highest BCUT2D eigenvalue weighted by molar-refractivity contribution is 5.80. The zero-order valence-electron chi connectivity index (χ0n) is 12.6. The van der Waals surface area contributed by atoms with E-state index in [-0.39, 0.29) is 12.0 Å². The van der Waals surface area contributed by atoms with Gasteiger partial charge in [0.05, 0.1) is 6.54 Å². The van der Waals surface area contributed by atoms with Crippen LogP contribution in [0.4, 0.5) is 0 Å². The number of carbonyl (C=O) groups is 1. The number of nitrogens with zero attached hydrogens (tertiary/aromatic N) is 4. The molecule has 7 heteroatoms. The van der Waals surface area contributed by atoms with E-state index in [2.05, 4.69) is 20.4 Å². The third-order valence-electron chi connectivity index (χ3n) is 4.39. The minimum Gasteiger partial charge on any atom is -0.480 e. The average Bonchev–Trinajstić information content (AvgIpc) is 3.16. The molecule has 0 spiro atoms. The van der Waals surface area contributed by atoms with Gasteiger partial charge in [0.15, 0.2) is 0 Å². The Labute approximate surface area is 124 Å². The molecule has 0 saturated heterocycles. The highest BCUT2D eigenvalue weighted by Crippen LogP contribution is 2.41. The maximum atomic E-state index is 12.0. The number of hydrogen-bond acceptors (Lipinski definition) is 5. The zero-order valence-corrected chi connectivity index (χ0v) is 12.6. The second-order valence-corrected chi connectivity index (χ2v) is 6.50. The molecule has 2 aliphatic rings. The van der Waals surface area contributed by atoms with E-state index in [0.29, 0.717) is 13.1 Å². The maximum absolute atomic E-state index is 12.0. The normalized spacial score (nSPS) is 22.0. The fraction of sp³-hybridized carbons (Fsp3) is 0.786. The van der Waals surface area contributed by atoms with E-state index in [1.54, 1.807) is 6.33 Å². The second kappa shape index (κ2) is 5.38. The van der Waals surface area contributed by atoms with Crippen molar-refractivity contribution in [3.63, 3.8) is 0 Å². The molecule has 1 aliphatic carbocycles. The predicted molar refractivity (Wildman–Crippen MR) is 76.7 cm³/mol. The topological polar surface area (TPSA) is 83.3 Å². The molecule has 1 unspecified atom stereocenters. The maximum Gasteiger partial charge on any atom is 0.325 e. The van der Waals surface area contributed by atoms with Gasteiger partial charge in [0.2, 0.25) is 0 Å². The number of hydrogen-bond donors (Lipinski definition) is 2. The lowest BCUT2D eigenvalue weighted by Gasteiger charge is -2.38. The number of carboxylic acids is 1. The summed E-state index contributed by atoms with van der Waals surface area (Å²) in [5.74, 6) is 0.420. The van der Waals surface area contributed by atoms with Gasteiger partial charge in [-0.15, -0.1) is 10.2 Å². The molecule has 0 bridgehead atoms. The predicted octanol–water partition coefficient (Wildman–Crippen LogP) is 0.325. The van der Waals surface area contributed by atoms with Crippen molar-refractivity contribution >= 4 is 5.97 Å². The molecule has 1 aromatic rings. The monoisotopic (exact) mass is 293 g/mol. The summed E-state index contributed by atoms with van der Waals surface area (Å²) in [7, 11) is 0. The van der Waals surface area contributed by atoms with Gasteiger partial charge in [-0.3, -0.25) is 15.0 Å². The first-order chi connectivity index (χ1) is 10.0. The van der Waals surface area contributed by atoms with Crippen molar-refractivity contribution < 1.29 is 9.90 Å². The summed E-state index contributed by atoms with van der Waals surface area (Å²) in [6, 6.07) is 0.148. The van der Waals surface area contributed by atoms with E-state index < -0.39 is 11.5 Å². The van der Waals surface area contributed by atoms with Crippen LogP contribution >= 0.6 is 0 Å². The summed E-state index contributed by atoms with van der Waals surface area (Å²) >= 11 is 0. The van der Waals surface area contributed by atoms with E-state index in [1.165, 1.54) is 0 Å². The van der Waals surface area contributed by atoms with E-state index >= 15 is 0 Å². The average molecular weight is 293 g/mol. The summed E-state index contributed by atoms with van der Waals surface area (Å²) in [6.45, 7) is 6.87. The molecular formula is C14H23N5O2. The van der Waals surface area contributed by atoms with Crippen molar-refractivity contribution in [1.29, 1.82) is 0 Å². The van der Waals surface area contributed by atoms with Crippen LogP contribution in [0.1, 0.15) is 32.5 Å². The molecule has 0 amide bonds. The first-order valence-electron chi connectivity index (χ1n) is 7.61. The van der Waals surface area contributed by atoms with E-state index in [9.17, 15) is 9.90 Å². The van der Waals surface area contributed by atoms with Gasteiger partial charge in [0.1, 0.15) is 17.7 Å². The Morgan fingerprint density at radius 1 is 1.52 bits per heavy atom. The third kappa shape index (κ3) is 2.80. The first kappa shape index (κ1) is 14.5. The Kier molecular flexibility index (Phi) is 3.71. The molecule has 21 heavy (non-hydrogen) atoms. The Balaban J connectivity index is 1.77. The van der Waals surface area contributed by atoms with Gasteiger partial charge < -0.3 is 9.67 Å². The van der Waals surface area contributed by atoms with Gasteiger partial charge >= 0.3 is 5.97 Å². The number of rotatable bonds is 6. The fourth-order valence-corrected chi connectivity index (χ4v) is 3.29. The molecule has 2 heterocycles. The molecule has 1 aliphatic heterocycles. The van der Waals surface area contributed by atoms with Crippen molar-refractivity contribution in [3.8, 4) is 0 Å². The van der Waals surface area contributed by atoms with Gasteiger partial charge in [-0.2, -0.15) is 0 Å². The molecule has 1 saturated carbocycles. The molecule has 7 nitrogen and oxygen atoms in total. The fourth-order valence-electron chi connectivity index (χ4n) is 3.29. The molecular weight excluding hydrogens is 270 g/mol.